The molecule has 0 aliphatic heterocycles. The molecule has 0 bridgehead atoms. The van der Waals surface area contributed by atoms with Crippen molar-refractivity contribution in [1.29, 1.82) is 0 Å². The molecule has 148 valence electrons. The van der Waals surface area contributed by atoms with Gasteiger partial charge in [-0.2, -0.15) is 0 Å². The third kappa shape index (κ3) is 7.19. The zero-order valence-electron chi connectivity index (χ0n) is 18.4. The highest BCUT2D eigenvalue weighted by atomic mass is 14.1. The fourth-order valence-electron chi connectivity index (χ4n) is 2.95. The molecule has 0 fully saturated rings. The minimum absolute atomic E-state index is 0.941. The lowest BCUT2D eigenvalue weighted by Crippen LogP contribution is -1.95. The molecule has 0 atom stereocenters. The zero-order chi connectivity index (χ0) is 20.9. The predicted octanol–water partition coefficient (Wildman–Crippen LogP) is 8.46. The molecule has 0 radical (unpaired) electrons. The molecule has 0 nitrogen and oxygen atoms in total. The zero-order valence-corrected chi connectivity index (χ0v) is 18.4. The van der Waals surface area contributed by atoms with Crippen molar-refractivity contribution in [3.8, 4) is 0 Å². The van der Waals surface area contributed by atoms with Crippen molar-refractivity contribution in [3.63, 3.8) is 0 Å². The highest BCUT2D eigenvalue weighted by Gasteiger charge is 2.09. The summed E-state index contributed by atoms with van der Waals surface area (Å²) in [5, 5.41) is 0. The molecule has 0 aliphatic rings. The Bertz CT molecular complexity index is 809. The maximum absolute atomic E-state index is 4.33. The van der Waals surface area contributed by atoms with E-state index in [0.717, 1.165) is 36.0 Å². The monoisotopic (exact) mass is 372 g/mol. The van der Waals surface area contributed by atoms with Crippen LogP contribution in [0.15, 0.2) is 85.5 Å². The van der Waals surface area contributed by atoms with Crippen LogP contribution in [0.4, 0.5) is 0 Å². The molecule has 2 aromatic rings. The van der Waals surface area contributed by atoms with E-state index in [9.17, 15) is 0 Å². The lowest BCUT2D eigenvalue weighted by Gasteiger charge is -2.14. The van der Waals surface area contributed by atoms with E-state index in [-0.39, 0.29) is 0 Å². The summed E-state index contributed by atoms with van der Waals surface area (Å²) in [6.07, 6.45) is 9.58. The molecule has 0 aliphatic carbocycles. The van der Waals surface area contributed by atoms with E-state index >= 15 is 0 Å². The van der Waals surface area contributed by atoms with Crippen LogP contribution >= 0.6 is 0 Å². The summed E-state index contributed by atoms with van der Waals surface area (Å²) in [5.74, 6) is 0. The molecule has 0 saturated carbocycles. The second kappa shape index (κ2) is 12.7. The summed E-state index contributed by atoms with van der Waals surface area (Å²) in [6, 6.07) is 17.2. The molecule has 0 aromatic heterocycles. The van der Waals surface area contributed by atoms with Crippen molar-refractivity contribution in [2.24, 2.45) is 0 Å². The molecular weight excluding hydrogens is 336 g/mol. The van der Waals surface area contributed by atoms with Crippen LogP contribution in [0.1, 0.15) is 63.3 Å². The number of allylic oxidation sites excluding steroid dienone is 6. The van der Waals surface area contributed by atoms with E-state index in [1.165, 1.54) is 22.3 Å². The number of hydrogen-bond donors (Lipinski definition) is 0. The van der Waals surface area contributed by atoms with Gasteiger partial charge in [-0.15, -0.1) is 0 Å². The first-order valence-electron chi connectivity index (χ1n) is 10.4. The number of benzene rings is 2. The highest BCUT2D eigenvalue weighted by Crippen LogP contribution is 2.31. The van der Waals surface area contributed by atoms with Crippen LogP contribution < -0.4 is 0 Å². The number of hydrogen-bond acceptors (Lipinski definition) is 0. The molecule has 0 amide bonds. The number of aryl methyl sites for hydroxylation is 1. The van der Waals surface area contributed by atoms with E-state index in [4.69, 9.17) is 0 Å². The van der Waals surface area contributed by atoms with Crippen molar-refractivity contribution >= 4 is 11.1 Å². The van der Waals surface area contributed by atoms with Crippen molar-refractivity contribution in [3.05, 3.63) is 108 Å². The van der Waals surface area contributed by atoms with E-state index in [1.807, 2.05) is 13.8 Å². The van der Waals surface area contributed by atoms with Crippen molar-refractivity contribution < 1.29 is 0 Å². The van der Waals surface area contributed by atoms with Crippen LogP contribution in [0.2, 0.25) is 0 Å². The maximum atomic E-state index is 4.33. The summed E-state index contributed by atoms with van der Waals surface area (Å²) in [4.78, 5) is 0. The average molecular weight is 373 g/mol. The SMILES string of the molecule is C=C(C(=C)c1ccccc1CCC)c1ccc(C/C=C\C=C(C)C)cc1.CC. The Kier molecular flexibility index (Phi) is 10.7. The molecule has 28 heavy (non-hydrogen) atoms. The highest BCUT2D eigenvalue weighted by molar-refractivity contribution is 6.03. The third-order valence-corrected chi connectivity index (χ3v) is 4.45. The molecule has 0 spiro atoms. The predicted molar refractivity (Wildman–Crippen MR) is 129 cm³/mol. The van der Waals surface area contributed by atoms with Gasteiger partial charge in [0, 0.05) is 0 Å². The molecule has 0 saturated heterocycles. The first kappa shape index (κ1) is 23.4. The Morgan fingerprint density at radius 3 is 2.14 bits per heavy atom. The Hall–Kier alpha value is -2.60. The van der Waals surface area contributed by atoms with Gasteiger partial charge in [-0.1, -0.05) is 113 Å². The molecule has 2 aromatic carbocycles. The molecule has 0 heteroatoms. The first-order valence-corrected chi connectivity index (χ1v) is 10.4. The summed E-state index contributed by atoms with van der Waals surface area (Å²) < 4.78 is 0. The van der Waals surface area contributed by atoms with Gasteiger partial charge >= 0.3 is 0 Å². The van der Waals surface area contributed by atoms with E-state index in [1.54, 1.807) is 0 Å². The van der Waals surface area contributed by atoms with Gasteiger partial charge < -0.3 is 0 Å². The summed E-state index contributed by atoms with van der Waals surface area (Å²) in [5.41, 5.74) is 8.34. The number of rotatable bonds is 8. The Morgan fingerprint density at radius 2 is 1.54 bits per heavy atom. The molecule has 0 heterocycles. The molecular formula is C28H36. The fraction of sp³-hybridized carbons (Fsp3) is 0.286. The first-order chi connectivity index (χ1) is 13.5. The summed E-state index contributed by atoms with van der Waals surface area (Å²) >= 11 is 0. The van der Waals surface area contributed by atoms with Crippen molar-refractivity contribution in [2.45, 2.75) is 53.9 Å². The third-order valence-electron chi connectivity index (χ3n) is 4.45. The van der Waals surface area contributed by atoms with Gasteiger partial charge in [0.15, 0.2) is 0 Å². The van der Waals surface area contributed by atoms with Gasteiger partial charge in [0.1, 0.15) is 0 Å². The van der Waals surface area contributed by atoms with Crippen LogP contribution in [0.25, 0.3) is 11.1 Å². The summed E-state index contributed by atoms with van der Waals surface area (Å²) in [7, 11) is 0. The normalized spacial score (nSPS) is 10.2. The van der Waals surface area contributed by atoms with Crippen LogP contribution in [0.5, 0.6) is 0 Å². The Morgan fingerprint density at radius 1 is 0.893 bits per heavy atom. The van der Waals surface area contributed by atoms with Crippen LogP contribution in [0.3, 0.4) is 0 Å². The Balaban J connectivity index is 0.00000190. The van der Waals surface area contributed by atoms with Gasteiger partial charge in [0.05, 0.1) is 0 Å². The standard InChI is InChI=1S/C26H30.C2H6/c1-6-11-25-14-9-10-15-26(25)22(5)21(4)24-18-16-23(17-19-24)13-8-7-12-20(2)3;1-2/h7-10,12,14-19H,4-6,11,13H2,1-3H3;1-2H3/b8-7-;. The van der Waals surface area contributed by atoms with Crippen LogP contribution in [0, 0.1) is 0 Å². The minimum atomic E-state index is 0.941. The van der Waals surface area contributed by atoms with Gasteiger partial charge in [0.2, 0.25) is 0 Å². The van der Waals surface area contributed by atoms with Gasteiger partial charge in [-0.3, -0.25) is 0 Å². The van der Waals surface area contributed by atoms with E-state index in [2.05, 4.69) is 101 Å². The minimum Gasteiger partial charge on any atom is -0.0906 e. The van der Waals surface area contributed by atoms with Gasteiger partial charge in [-0.05, 0) is 60.1 Å². The topological polar surface area (TPSA) is 0 Å². The van der Waals surface area contributed by atoms with Crippen LogP contribution in [-0.4, -0.2) is 0 Å². The molecule has 0 N–H and O–H groups in total. The fourth-order valence-corrected chi connectivity index (χ4v) is 2.95. The lowest BCUT2D eigenvalue weighted by molar-refractivity contribution is 0.919. The maximum Gasteiger partial charge on any atom is -0.00943 e. The van der Waals surface area contributed by atoms with Crippen molar-refractivity contribution in [2.75, 3.05) is 0 Å². The van der Waals surface area contributed by atoms with Crippen molar-refractivity contribution in [1.82, 2.24) is 0 Å². The lowest BCUT2D eigenvalue weighted by atomic mass is 9.90. The average Bonchev–Trinajstić information content (AvgIpc) is 2.72. The van der Waals surface area contributed by atoms with E-state index < -0.39 is 0 Å². The van der Waals surface area contributed by atoms with Crippen LogP contribution in [-0.2, 0) is 12.8 Å². The summed E-state index contributed by atoms with van der Waals surface area (Å²) in [6.45, 7) is 19.1. The molecule has 0 unspecified atom stereocenters. The molecule has 2 rings (SSSR count). The largest absolute Gasteiger partial charge is 0.0906 e. The van der Waals surface area contributed by atoms with Gasteiger partial charge in [-0.25, -0.2) is 0 Å². The second-order valence-corrected chi connectivity index (χ2v) is 6.94. The van der Waals surface area contributed by atoms with Gasteiger partial charge in [0.25, 0.3) is 0 Å². The second-order valence-electron chi connectivity index (χ2n) is 6.94. The Labute approximate surface area is 173 Å². The smallest absolute Gasteiger partial charge is 0.00943 e. The van der Waals surface area contributed by atoms with E-state index in [0.29, 0.717) is 0 Å². The quantitative estimate of drug-likeness (QED) is 0.408.